The van der Waals surface area contributed by atoms with E-state index >= 15 is 0 Å². The van der Waals surface area contributed by atoms with Crippen molar-refractivity contribution in [1.82, 2.24) is 19.7 Å². The minimum Gasteiger partial charge on any atom is -0.466 e. The van der Waals surface area contributed by atoms with Gasteiger partial charge in [-0.3, -0.25) is 9.58 Å². The molecule has 0 saturated carbocycles. The molecule has 3 rings (SSSR count). The Bertz CT molecular complexity index is 807. The summed E-state index contributed by atoms with van der Waals surface area (Å²) in [6.07, 6.45) is -5.50. The summed E-state index contributed by atoms with van der Waals surface area (Å²) in [5.41, 5.74) is 0.0127. The lowest BCUT2D eigenvalue weighted by Gasteiger charge is -2.18. The highest BCUT2D eigenvalue weighted by Gasteiger charge is 2.51. The van der Waals surface area contributed by atoms with Gasteiger partial charge in [0.2, 0.25) is 5.88 Å². The third-order valence-electron chi connectivity index (χ3n) is 3.62. The smallest absolute Gasteiger partial charge is 0.408 e. The molecule has 1 saturated heterocycles. The van der Waals surface area contributed by atoms with E-state index in [0.29, 0.717) is 9.58 Å². The first kappa shape index (κ1) is 17.2. The predicted octanol–water partition coefficient (Wildman–Crippen LogP) is 2.37. The van der Waals surface area contributed by atoms with E-state index in [1.54, 1.807) is 0 Å². The van der Waals surface area contributed by atoms with Crippen LogP contribution in [0.2, 0.25) is 0 Å². The van der Waals surface area contributed by atoms with E-state index in [9.17, 15) is 26.7 Å². The molecule has 2 aromatic heterocycles. The highest BCUT2D eigenvalue weighted by molar-refractivity contribution is 5.78. The van der Waals surface area contributed by atoms with Gasteiger partial charge in [0.1, 0.15) is 6.54 Å². The minimum absolute atomic E-state index is 0.0127. The predicted molar refractivity (Wildman–Crippen MR) is 72.5 cm³/mol. The maximum atomic E-state index is 13.8. The van der Waals surface area contributed by atoms with Gasteiger partial charge >= 0.3 is 18.2 Å². The van der Waals surface area contributed by atoms with E-state index < -0.39 is 43.9 Å². The fraction of sp³-hybridized carbons (Fsp3) is 0.462. The van der Waals surface area contributed by atoms with Crippen LogP contribution in [-0.2, 0) is 6.54 Å². The maximum absolute atomic E-state index is 13.8. The molecule has 1 amide bonds. The highest BCUT2D eigenvalue weighted by atomic mass is 19.4. The Morgan fingerprint density at radius 1 is 1.40 bits per heavy atom. The molecule has 0 aromatic carbocycles. The van der Waals surface area contributed by atoms with Crippen molar-refractivity contribution in [3.8, 4) is 5.88 Å². The van der Waals surface area contributed by atoms with E-state index in [4.69, 9.17) is 9.84 Å². The number of likely N-dealkylation sites (tertiary alicyclic amines) is 1. The molecule has 25 heavy (non-hydrogen) atoms. The van der Waals surface area contributed by atoms with Crippen molar-refractivity contribution < 1.29 is 36.6 Å². The van der Waals surface area contributed by atoms with Gasteiger partial charge in [-0.15, -0.1) is 0 Å². The number of halogens is 5. The number of aromatic nitrogens is 3. The van der Waals surface area contributed by atoms with Crippen LogP contribution in [0.25, 0.3) is 10.9 Å². The second-order valence-corrected chi connectivity index (χ2v) is 5.53. The molecule has 1 aliphatic heterocycles. The zero-order valence-electron chi connectivity index (χ0n) is 12.4. The number of amides is 1. The van der Waals surface area contributed by atoms with Gasteiger partial charge in [-0.2, -0.15) is 18.3 Å². The topological polar surface area (TPSA) is 80.5 Å². The SMILES string of the molecule is O=C(O)N1CC(Oc2cc3c(cn2)cnn3CC(F)(F)F)C(F)(F)C1. The largest absolute Gasteiger partial charge is 0.466 e. The van der Waals surface area contributed by atoms with Crippen LogP contribution in [0.4, 0.5) is 26.7 Å². The van der Waals surface area contributed by atoms with Crippen LogP contribution in [-0.4, -0.2) is 62.2 Å². The Balaban J connectivity index is 1.84. The summed E-state index contributed by atoms with van der Waals surface area (Å²) in [7, 11) is 0. The standard InChI is InChI=1S/C13H11F5N4O3/c14-12(15)5-21(11(23)24)4-9(12)25-10-1-8-7(2-19-10)3-20-22(8)6-13(16,17)18/h1-3,9H,4-6H2,(H,23,24). The molecular weight excluding hydrogens is 355 g/mol. The highest BCUT2D eigenvalue weighted by Crippen LogP contribution is 2.31. The van der Waals surface area contributed by atoms with Gasteiger partial charge < -0.3 is 9.84 Å². The third kappa shape index (κ3) is 3.56. The third-order valence-corrected chi connectivity index (χ3v) is 3.62. The monoisotopic (exact) mass is 366 g/mol. The normalized spacial score (nSPS) is 20.2. The number of hydrogen-bond acceptors (Lipinski definition) is 4. The van der Waals surface area contributed by atoms with Crippen LogP contribution in [0.3, 0.4) is 0 Å². The van der Waals surface area contributed by atoms with Crippen molar-refractivity contribution in [2.24, 2.45) is 0 Å². The van der Waals surface area contributed by atoms with Gasteiger partial charge in [0.25, 0.3) is 0 Å². The van der Waals surface area contributed by atoms with Crippen LogP contribution in [0, 0.1) is 0 Å². The summed E-state index contributed by atoms with van der Waals surface area (Å²) >= 11 is 0. The van der Waals surface area contributed by atoms with Crippen molar-refractivity contribution in [3.05, 3.63) is 18.5 Å². The molecule has 136 valence electrons. The molecule has 1 aliphatic rings. The summed E-state index contributed by atoms with van der Waals surface area (Å²) < 4.78 is 71.0. The van der Waals surface area contributed by atoms with Gasteiger partial charge in [0, 0.05) is 17.6 Å². The van der Waals surface area contributed by atoms with Crippen LogP contribution < -0.4 is 4.74 Å². The number of pyridine rings is 1. The Hall–Kier alpha value is -2.66. The summed E-state index contributed by atoms with van der Waals surface area (Å²) in [5, 5.41) is 12.7. The fourth-order valence-electron chi connectivity index (χ4n) is 2.48. The Morgan fingerprint density at radius 3 is 2.72 bits per heavy atom. The molecule has 0 spiro atoms. The quantitative estimate of drug-likeness (QED) is 0.844. The number of ether oxygens (including phenoxy) is 1. The Kier molecular flexibility index (Phi) is 3.92. The molecule has 0 bridgehead atoms. The lowest BCUT2D eigenvalue weighted by Crippen LogP contribution is -2.36. The van der Waals surface area contributed by atoms with E-state index in [1.165, 1.54) is 0 Å². The number of carbonyl (C=O) groups is 1. The van der Waals surface area contributed by atoms with E-state index in [2.05, 4.69) is 10.1 Å². The first-order valence-corrected chi connectivity index (χ1v) is 6.96. The van der Waals surface area contributed by atoms with E-state index in [1.807, 2.05) is 0 Å². The number of alkyl halides is 5. The summed E-state index contributed by atoms with van der Waals surface area (Å²) in [6.45, 7) is -2.96. The van der Waals surface area contributed by atoms with Gasteiger partial charge in [0.15, 0.2) is 6.10 Å². The number of fused-ring (bicyclic) bond motifs is 1. The minimum atomic E-state index is -4.51. The molecule has 3 heterocycles. The Labute approximate surface area is 136 Å². The summed E-state index contributed by atoms with van der Waals surface area (Å²) in [4.78, 5) is 15.1. The van der Waals surface area contributed by atoms with Crippen LogP contribution in [0.15, 0.2) is 18.5 Å². The van der Waals surface area contributed by atoms with Gasteiger partial charge in [-0.1, -0.05) is 0 Å². The number of hydrogen-bond donors (Lipinski definition) is 1. The summed E-state index contributed by atoms with van der Waals surface area (Å²) in [5.74, 6) is -3.78. The van der Waals surface area contributed by atoms with Crippen molar-refractivity contribution in [2.45, 2.75) is 24.7 Å². The number of rotatable bonds is 3. The van der Waals surface area contributed by atoms with Crippen molar-refractivity contribution in [3.63, 3.8) is 0 Å². The zero-order chi connectivity index (χ0) is 18.4. The zero-order valence-corrected chi connectivity index (χ0v) is 12.4. The second-order valence-electron chi connectivity index (χ2n) is 5.53. The van der Waals surface area contributed by atoms with Crippen LogP contribution >= 0.6 is 0 Å². The lowest BCUT2D eigenvalue weighted by molar-refractivity contribution is -0.141. The molecule has 0 radical (unpaired) electrons. The van der Waals surface area contributed by atoms with Gasteiger partial charge in [0.05, 0.1) is 24.8 Å². The first-order chi connectivity index (χ1) is 11.5. The fourth-order valence-corrected chi connectivity index (χ4v) is 2.48. The van der Waals surface area contributed by atoms with E-state index in [-0.39, 0.29) is 16.8 Å². The average Bonchev–Trinajstić information content (AvgIpc) is 2.99. The maximum Gasteiger partial charge on any atom is 0.408 e. The number of nitrogens with zero attached hydrogens (tertiary/aromatic N) is 4. The van der Waals surface area contributed by atoms with Crippen molar-refractivity contribution in [2.75, 3.05) is 13.1 Å². The molecule has 1 unspecified atom stereocenters. The average molecular weight is 366 g/mol. The van der Waals surface area contributed by atoms with Crippen molar-refractivity contribution >= 4 is 17.0 Å². The molecular formula is C13H11F5N4O3. The molecule has 1 N–H and O–H groups in total. The van der Waals surface area contributed by atoms with Crippen LogP contribution in [0.5, 0.6) is 5.88 Å². The Morgan fingerprint density at radius 2 is 2.12 bits per heavy atom. The lowest BCUT2D eigenvalue weighted by atomic mass is 10.2. The first-order valence-electron chi connectivity index (χ1n) is 6.96. The van der Waals surface area contributed by atoms with Gasteiger partial charge in [-0.05, 0) is 0 Å². The van der Waals surface area contributed by atoms with Gasteiger partial charge in [-0.25, -0.2) is 18.6 Å². The molecule has 12 heteroatoms. The van der Waals surface area contributed by atoms with Crippen LogP contribution in [0.1, 0.15) is 0 Å². The molecule has 0 aliphatic carbocycles. The van der Waals surface area contributed by atoms with Crippen molar-refractivity contribution in [1.29, 1.82) is 0 Å². The molecule has 1 atom stereocenters. The molecule has 1 fully saturated rings. The molecule has 7 nitrogen and oxygen atoms in total. The second kappa shape index (κ2) is 5.70. The molecule has 2 aromatic rings. The summed E-state index contributed by atoms with van der Waals surface area (Å²) in [6, 6.07) is 1.06. The van der Waals surface area contributed by atoms with E-state index in [0.717, 1.165) is 18.5 Å². The number of carboxylic acid groups (broad SMARTS) is 1.